The van der Waals surface area contributed by atoms with Crippen molar-refractivity contribution in [2.45, 2.75) is 25.1 Å². The molecule has 0 aromatic heterocycles. The molecule has 0 unspecified atom stereocenters. The second-order valence-corrected chi connectivity index (χ2v) is 6.10. The van der Waals surface area contributed by atoms with E-state index >= 15 is 0 Å². The van der Waals surface area contributed by atoms with Crippen LogP contribution >= 0.6 is 0 Å². The summed E-state index contributed by atoms with van der Waals surface area (Å²) in [5.74, 6) is -2.02. The molecule has 0 spiro atoms. The Morgan fingerprint density at radius 1 is 1.27 bits per heavy atom. The van der Waals surface area contributed by atoms with Crippen molar-refractivity contribution in [3.63, 3.8) is 0 Å². The van der Waals surface area contributed by atoms with E-state index < -0.39 is 24.1 Å². The Morgan fingerprint density at radius 2 is 1.81 bits per heavy atom. The normalized spacial score (nSPS) is 16.7. The van der Waals surface area contributed by atoms with E-state index in [2.05, 4.69) is 0 Å². The lowest BCUT2D eigenvalue weighted by molar-refractivity contribution is -0.211. The number of likely N-dealkylation sites (tertiary alicyclic amines) is 1. The molecule has 9 heteroatoms. The molecule has 1 aliphatic rings. The van der Waals surface area contributed by atoms with E-state index in [9.17, 15) is 22.8 Å². The molecule has 1 heterocycles. The number of aliphatic hydroxyl groups is 1. The molecular formula is C17H18F3N3O3. The standard InChI is InChI=1S/C17H18F3N3O3/c1-22(13-4-2-11(10-21)3-5-13)15(25)12-6-8-23(9-7-12)16(26)14(24)17(18,19)20/h2-5,12,14,24H,6-9H2,1H3/t14-/m1/s1. The smallest absolute Gasteiger partial charge is 0.376 e. The Hall–Kier alpha value is -2.60. The number of amides is 2. The van der Waals surface area contributed by atoms with Crippen molar-refractivity contribution in [1.29, 1.82) is 5.26 Å². The van der Waals surface area contributed by atoms with Crippen LogP contribution in [0.1, 0.15) is 18.4 Å². The van der Waals surface area contributed by atoms with Crippen molar-refractivity contribution >= 4 is 17.5 Å². The predicted octanol–water partition coefficient (Wildman–Crippen LogP) is 1.68. The molecule has 1 aromatic rings. The van der Waals surface area contributed by atoms with Crippen LogP contribution in [-0.2, 0) is 9.59 Å². The summed E-state index contributed by atoms with van der Waals surface area (Å²) in [5, 5.41) is 17.8. The van der Waals surface area contributed by atoms with E-state index in [-0.39, 0.29) is 31.8 Å². The second kappa shape index (κ2) is 7.74. The summed E-state index contributed by atoms with van der Waals surface area (Å²) < 4.78 is 37.3. The van der Waals surface area contributed by atoms with E-state index in [4.69, 9.17) is 10.4 Å². The third kappa shape index (κ3) is 4.32. The van der Waals surface area contributed by atoms with Gasteiger partial charge in [-0.05, 0) is 37.1 Å². The van der Waals surface area contributed by atoms with Gasteiger partial charge in [0.25, 0.3) is 5.91 Å². The fourth-order valence-electron chi connectivity index (χ4n) is 2.82. The fourth-order valence-corrected chi connectivity index (χ4v) is 2.82. The number of piperidine rings is 1. The first-order valence-electron chi connectivity index (χ1n) is 7.96. The van der Waals surface area contributed by atoms with Gasteiger partial charge in [-0.25, -0.2) is 0 Å². The van der Waals surface area contributed by atoms with Crippen molar-refractivity contribution in [2.24, 2.45) is 5.92 Å². The highest BCUT2D eigenvalue weighted by Crippen LogP contribution is 2.26. The summed E-state index contributed by atoms with van der Waals surface area (Å²) in [4.78, 5) is 26.6. The lowest BCUT2D eigenvalue weighted by atomic mass is 9.94. The number of hydrogen-bond acceptors (Lipinski definition) is 4. The Morgan fingerprint density at radius 3 is 2.27 bits per heavy atom. The van der Waals surface area contributed by atoms with E-state index in [0.717, 1.165) is 4.90 Å². The van der Waals surface area contributed by atoms with Crippen molar-refractivity contribution in [1.82, 2.24) is 4.90 Å². The first kappa shape index (κ1) is 19.7. The van der Waals surface area contributed by atoms with E-state index in [1.165, 1.54) is 4.90 Å². The van der Waals surface area contributed by atoms with Crippen LogP contribution in [0.5, 0.6) is 0 Å². The first-order valence-corrected chi connectivity index (χ1v) is 7.96. The zero-order valence-electron chi connectivity index (χ0n) is 14.0. The summed E-state index contributed by atoms with van der Waals surface area (Å²) in [6, 6.07) is 8.41. The number of aliphatic hydroxyl groups excluding tert-OH is 1. The second-order valence-electron chi connectivity index (χ2n) is 6.10. The number of anilines is 1. The molecule has 0 aliphatic carbocycles. The molecule has 0 bridgehead atoms. The number of benzene rings is 1. The summed E-state index contributed by atoms with van der Waals surface area (Å²) >= 11 is 0. The minimum Gasteiger partial charge on any atom is -0.376 e. The molecule has 2 rings (SSSR count). The predicted molar refractivity (Wildman–Crippen MR) is 85.9 cm³/mol. The van der Waals surface area contributed by atoms with Gasteiger partial charge < -0.3 is 14.9 Å². The fraction of sp³-hybridized carbons (Fsp3) is 0.471. The average Bonchev–Trinajstić information content (AvgIpc) is 2.65. The van der Waals surface area contributed by atoms with Crippen LogP contribution in [0, 0.1) is 17.2 Å². The van der Waals surface area contributed by atoms with Gasteiger partial charge in [0.2, 0.25) is 12.0 Å². The van der Waals surface area contributed by atoms with E-state index in [1.807, 2.05) is 6.07 Å². The molecule has 1 atom stereocenters. The number of alkyl halides is 3. The van der Waals surface area contributed by atoms with Gasteiger partial charge in [0.05, 0.1) is 11.6 Å². The molecule has 1 fully saturated rings. The van der Waals surface area contributed by atoms with Crippen LogP contribution in [0.2, 0.25) is 0 Å². The minimum atomic E-state index is -5.00. The Bertz CT molecular complexity index is 705. The highest BCUT2D eigenvalue weighted by molar-refractivity contribution is 5.94. The Labute approximate surface area is 148 Å². The summed E-state index contributed by atoms with van der Waals surface area (Å²) in [5.41, 5.74) is 1.06. The third-order valence-electron chi connectivity index (χ3n) is 4.41. The summed E-state index contributed by atoms with van der Waals surface area (Å²) in [6.45, 7) is -0.0484. The van der Waals surface area contributed by atoms with Gasteiger partial charge in [0, 0.05) is 31.7 Å². The number of carbonyl (C=O) groups excluding carboxylic acids is 2. The summed E-state index contributed by atoms with van der Waals surface area (Å²) in [6.07, 6.45) is -7.60. The average molecular weight is 369 g/mol. The number of nitriles is 1. The number of rotatable bonds is 3. The van der Waals surface area contributed by atoms with Crippen molar-refractivity contribution in [2.75, 3.05) is 25.0 Å². The van der Waals surface area contributed by atoms with Crippen LogP contribution in [0.4, 0.5) is 18.9 Å². The molecule has 6 nitrogen and oxygen atoms in total. The van der Waals surface area contributed by atoms with Crippen LogP contribution in [0.15, 0.2) is 24.3 Å². The molecule has 2 amide bonds. The third-order valence-corrected chi connectivity index (χ3v) is 4.41. The van der Waals surface area contributed by atoms with Gasteiger partial charge >= 0.3 is 6.18 Å². The number of nitrogens with zero attached hydrogens (tertiary/aromatic N) is 3. The van der Waals surface area contributed by atoms with Gasteiger partial charge in [-0.1, -0.05) is 0 Å². The van der Waals surface area contributed by atoms with E-state index in [0.29, 0.717) is 11.3 Å². The van der Waals surface area contributed by atoms with Crippen molar-refractivity contribution in [3.05, 3.63) is 29.8 Å². The zero-order valence-corrected chi connectivity index (χ0v) is 14.0. The highest BCUT2D eigenvalue weighted by atomic mass is 19.4. The number of halogens is 3. The van der Waals surface area contributed by atoms with Crippen molar-refractivity contribution < 1.29 is 27.9 Å². The molecule has 140 valence electrons. The van der Waals surface area contributed by atoms with Gasteiger partial charge in [0.15, 0.2) is 0 Å². The van der Waals surface area contributed by atoms with Gasteiger partial charge in [0.1, 0.15) is 0 Å². The number of carbonyl (C=O) groups is 2. The Kier molecular flexibility index (Phi) is 5.87. The molecule has 0 radical (unpaired) electrons. The maximum Gasteiger partial charge on any atom is 0.423 e. The molecule has 26 heavy (non-hydrogen) atoms. The van der Waals surface area contributed by atoms with Gasteiger partial charge in [-0.3, -0.25) is 9.59 Å². The SMILES string of the molecule is CN(C(=O)C1CCN(C(=O)[C@@H](O)C(F)(F)F)CC1)c1ccc(C#N)cc1. The Balaban J connectivity index is 1.95. The first-order chi connectivity index (χ1) is 12.1. The molecule has 1 saturated heterocycles. The summed E-state index contributed by atoms with van der Waals surface area (Å²) in [7, 11) is 1.58. The highest BCUT2D eigenvalue weighted by Gasteiger charge is 2.46. The minimum absolute atomic E-state index is 0.0242. The van der Waals surface area contributed by atoms with Gasteiger partial charge in [-0.15, -0.1) is 0 Å². The molecular weight excluding hydrogens is 351 g/mol. The number of hydrogen-bond donors (Lipinski definition) is 1. The van der Waals surface area contributed by atoms with Crippen LogP contribution < -0.4 is 4.90 Å². The molecule has 1 N–H and O–H groups in total. The topological polar surface area (TPSA) is 84.6 Å². The van der Waals surface area contributed by atoms with Crippen molar-refractivity contribution in [3.8, 4) is 6.07 Å². The molecule has 1 aromatic carbocycles. The largest absolute Gasteiger partial charge is 0.423 e. The van der Waals surface area contributed by atoms with Gasteiger partial charge in [-0.2, -0.15) is 18.4 Å². The monoisotopic (exact) mass is 369 g/mol. The lowest BCUT2D eigenvalue weighted by Gasteiger charge is -2.34. The maximum absolute atomic E-state index is 12.6. The maximum atomic E-state index is 12.6. The molecule has 1 aliphatic heterocycles. The van der Waals surface area contributed by atoms with Crippen LogP contribution in [0.25, 0.3) is 0 Å². The molecule has 0 saturated carbocycles. The van der Waals surface area contributed by atoms with E-state index in [1.54, 1.807) is 31.3 Å². The zero-order chi connectivity index (χ0) is 19.5. The van der Waals surface area contributed by atoms with Crippen LogP contribution in [-0.4, -0.2) is 54.2 Å². The lowest BCUT2D eigenvalue weighted by Crippen LogP contribution is -2.50. The quantitative estimate of drug-likeness (QED) is 0.879. The van der Waals surface area contributed by atoms with Crippen LogP contribution in [0.3, 0.4) is 0 Å².